The average Bonchev–Trinajstić information content (AvgIpc) is 3.84. The summed E-state index contributed by atoms with van der Waals surface area (Å²) in [4.78, 5) is 13.2. The minimum absolute atomic E-state index is 0.114. The zero-order valence-electron chi connectivity index (χ0n) is 24.1. The molecule has 0 aliphatic heterocycles. The standard InChI is InChI=1S/C36H25F2N7/c1-36(22-23-9-6-10-24(19-23)44-17-7-15-40-44)29-12-3-2-11-25(29)32-26(21-31(42-33(32)36)45-18-8-16-41-45)27-20-28(35(38)43-34(27)37)30-13-4-5-14-39-30/h2-21H,22H2,1H3. The molecule has 5 aromatic heterocycles. The zero-order valence-corrected chi connectivity index (χ0v) is 24.1. The predicted molar refractivity (Wildman–Crippen MR) is 167 cm³/mol. The van der Waals surface area contributed by atoms with Crippen molar-refractivity contribution in [3.05, 3.63) is 151 Å². The summed E-state index contributed by atoms with van der Waals surface area (Å²) in [5.41, 5.74) is 6.20. The molecule has 0 bridgehead atoms. The maximum Gasteiger partial charge on any atom is 0.225 e. The zero-order chi connectivity index (χ0) is 30.5. The third-order valence-electron chi connectivity index (χ3n) is 8.46. The van der Waals surface area contributed by atoms with Crippen molar-refractivity contribution < 1.29 is 8.78 Å². The van der Waals surface area contributed by atoms with Gasteiger partial charge in [-0.3, -0.25) is 4.98 Å². The Morgan fingerprint density at radius 2 is 1.44 bits per heavy atom. The Bertz CT molecular complexity index is 2180. The van der Waals surface area contributed by atoms with E-state index in [9.17, 15) is 0 Å². The molecule has 0 fully saturated rings. The topological polar surface area (TPSA) is 74.3 Å². The quantitative estimate of drug-likeness (QED) is 0.188. The number of nitrogens with zero attached hydrogens (tertiary/aromatic N) is 7. The first-order valence-electron chi connectivity index (χ1n) is 14.5. The fourth-order valence-electron chi connectivity index (χ4n) is 6.43. The number of benzene rings is 2. The molecule has 1 atom stereocenters. The molecular weight excluding hydrogens is 568 g/mol. The van der Waals surface area contributed by atoms with Gasteiger partial charge >= 0.3 is 0 Å². The molecule has 1 aliphatic carbocycles. The van der Waals surface area contributed by atoms with Crippen molar-refractivity contribution in [2.45, 2.75) is 18.8 Å². The van der Waals surface area contributed by atoms with Crippen LogP contribution in [0.2, 0.25) is 0 Å². The van der Waals surface area contributed by atoms with Crippen LogP contribution in [0.15, 0.2) is 122 Å². The molecule has 7 nitrogen and oxygen atoms in total. The van der Waals surface area contributed by atoms with Crippen molar-refractivity contribution in [2.75, 3.05) is 0 Å². The maximum atomic E-state index is 15.8. The van der Waals surface area contributed by atoms with Crippen molar-refractivity contribution in [3.8, 4) is 45.0 Å². The van der Waals surface area contributed by atoms with Crippen LogP contribution in [0.3, 0.4) is 0 Å². The highest BCUT2D eigenvalue weighted by molar-refractivity contribution is 5.93. The summed E-state index contributed by atoms with van der Waals surface area (Å²) in [6, 6.07) is 28.6. The highest BCUT2D eigenvalue weighted by atomic mass is 19.1. The minimum atomic E-state index is -0.921. The van der Waals surface area contributed by atoms with Gasteiger partial charge in [-0.2, -0.15) is 24.0 Å². The lowest BCUT2D eigenvalue weighted by atomic mass is 9.77. The van der Waals surface area contributed by atoms with Crippen LogP contribution in [0.25, 0.3) is 45.0 Å². The Morgan fingerprint density at radius 1 is 0.667 bits per heavy atom. The number of aromatic nitrogens is 7. The van der Waals surface area contributed by atoms with Gasteiger partial charge in [-0.1, -0.05) is 42.5 Å². The summed E-state index contributed by atoms with van der Waals surface area (Å²) in [5.74, 6) is -1.32. The number of hydrogen-bond donors (Lipinski definition) is 0. The smallest absolute Gasteiger partial charge is 0.225 e. The summed E-state index contributed by atoms with van der Waals surface area (Å²) in [6.07, 6.45) is 9.32. The van der Waals surface area contributed by atoms with Crippen LogP contribution in [0, 0.1) is 11.9 Å². The average molecular weight is 594 g/mol. The molecule has 9 heteroatoms. The third kappa shape index (κ3) is 4.43. The first kappa shape index (κ1) is 26.8. The molecule has 7 aromatic rings. The highest BCUT2D eigenvalue weighted by Gasteiger charge is 2.43. The second kappa shape index (κ2) is 10.4. The van der Waals surface area contributed by atoms with Gasteiger partial charge in [0.1, 0.15) is 0 Å². The first-order chi connectivity index (χ1) is 22.0. The lowest BCUT2D eigenvalue weighted by Crippen LogP contribution is -2.26. The van der Waals surface area contributed by atoms with Gasteiger partial charge in [0, 0.05) is 47.5 Å². The van der Waals surface area contributed by atoms with Gasteiger partial charge in [0.2, 0.25) is 11.9 Å². The number of pyridine rings is 3. The minimum Gasteiger partial charge on any atom is -0.256 e. The van der Waals surface area contributed by atoms with Gasteiger partial charge in [-0.15, -0.1) is 0 Å². The number of hydrogen-bond acceptors (Lipinski definition) is 5. The fourth-order valence-corrected chi connectivity index (χ4v) is 6.43. The summed E-state index contributed by atoms with van der Waals surface area (Å²) in [5, 5.41) is 8.83. The monoisotopic (exact) mass is 593 g/mol. The molecule has 8 rings (SSSR count). The van der Waals surface area contributed by atoms with E-state index in [0.717, 1.165) is 33.6 Å². The Kier molecular flexibility index (Phi) is 6.19. The molecule has 5 heterocycles. The molecule has 2 aromatic carbocycles. The molecular formula is C36H25F2N7. The normalized spacial score (nSPS) is 15.2. The Morgan fingerprint density at radius 3 is 2.22 bits per heavy atom. The van der Waals surface area contributed by atoms with Gasteiger partial charge < -0.3 is 0 Å². The van der Waals surface area contributed by atoms with Crippen molar-refractivity contribution in [3.63, 3.8) is 0 Å². The molecule has 0 spiro atoms. The lowest BCUT2D eigenvalue weighted by Gasteiger charge is -2.27. The SMILES string of the molecule is CC1(Cc2cccc(-n3cccn3)c2)c2ccccc2-c2c(-c3cc(-c4ccccn4)c(F)nc3F)cc(-n3cccn3)nc21. The van der Waals surface area contributed by atoms with Gasteiger partial charge in [-0.05, 0) is 84.1 Å². The van der Waals surface area contributed by atoms with Crippen LogP contribution in [0.4, 0.5) is 8.78 Å². The second-order valence-electron chi connectivity index (χ2n) is 11.3. The van der Waals surface area contributed by atoms with E-state index in [4.69, 9.17) is 4.98 Å². The van der Waals surface area contributed by atoms with E-state index < -0.39 is 17.3 Å². The highest BCUT2D eigenvalue weighted by Crippen LogP contribution is 2.53. The molecule has 45 heavy (non-hydrogen) atoms. The fraction of sp³-hybridized carbons (Fsp3) is 0.0833. The van der Waals surface area contributed by atoms with Crippen LogP contribution in [0.5, 0.6) is 0 Å². The molecule has 0 radical (unpaired) electrons. The summed E-state index contributed by atoms with van der Waals surface area (Å²) >= 11 is 0. The Hall–Kier alpha value is -5.83. The summed E-state index contributed by atoms with van der Waals surface area (Å²) < 4.78 is 34.5. The van der Waals surface area contributed by atoms with Gasteiger partial charge in [-0.25, -0.2) is 14.3 Å². The molecule has 0 N–H and O–H groups in total. The number of fused-ring (bicyclic) bond motifs is 3. The lowest BCUT2D eigenvalue weighted by molar-refractivity contribution is 0.517. The van der Waals surface area contributed by atoms with Crippen molar-refractivity contribution >= 4 is 0 Å². The first-order valence-corrected chi connectivity index (χ1v) is 14.5. The van der Waals surface area contributed by atoms with E-state index in [1.807, 2.05) is 53.3 Å². The van der Waals surface area contributed by atoms with Gasteiger partial charge in [0.25, 0.3) is 0 Å². The van der Waals surface area contributed by atoms with Crippen LogP contribution in [0.1, 0.15) is 23.7 Å². The van der Waals surface area contributed by atoms with E-state index >= 15 is 8.78 Å². The Labute approximate surface area is 257 Å². The van der Waals surface area contributed by atoms with E-state index in [1.54, 1.807) is 53.7 Å². The maximum absolute atomic E-state index is 15.8. The molecule has 1 unspecified atom stereocenters. The van der Waals surface area contributed by atoms with Crippen LogP contribution in [-0.2, 0) is 11.8 Å². The van der Waals surface area contributed by atoms with Crippen LogP contribution in [-0.4, -0.2) is 34.5 Å². The molecule has 1 aliphatic rings. The molecule has 0 saturated heterocycles. The largest absolute Gasteiger partial charge is 0.256 e. The van der Waals surface area contributed by atoms with Crippen LogP contribution >= 0.6 is 0 Å². The second-order valence-corrected chi connectivity index (χ2v) is 11.3. The van der Waals surface area contributed by atoms with E-state index in [1.165, 1.54) is 6.07 Å². The molecule has 0 saturated carbocycles. The van der Waals surface area contributed by atoms with Crippen molar-refractivity contribution in [2.24, 2.45) is 0 Å². The summed E-state index contributed by atoms with van der Waals surface area (Å²) in [7, 11) is 0. The van der Waals surface area contributed by atoms with Crippen molar-refractivity contribution in [1.29, 1.82) is 0 Å². The van der Waals surface area contributed by atoms with Gasteiger partial charge in [0.15, 0.2) is 5.82 Å². The van der Waals surface area contributed by atoms with E-state index in [2.05, 4.69) is 45.3 Å². The summed E-state index contributed by atoms with van der Waals surface area (Å²) in [6.45, 7) is 2.17. The van der Waals surface area contributed by atoms with Gasteiger partial charge in [0.05, 0.1) is 22.6 Å². The molecule has 218 valence electrons. The van der Waals surface area contributed by atoms with E-state index in [-0.39, 0.29) is 11.1 Å². The number of rotatable bonds is 6. The molecule has 0 amide bonds. The van der Waals surface area contributed by atoms with E-state index in [0.29, 0.717) is 23.5 Å². The third-order valence-corrected chi connectivity index (χ3v) is 8.46. The van der Waals surface area contributed by atoms with Crippen LogP contribution < -0.4 is 0 Å². The Balaban J connectivity index is 1.37. The number of halogens is 2. The van der Waals surface area contributed by atoms with Crippen molar-refractivity contribution in [1.82, 2.24) is 34.5 Å². The predicted octanol–water partition coefficient (Wildman–Crippen LogP) is 7.38.